The lowest BCUT2D eigenvalue weighted by Crippen LogP contribution is -2.28. The zero-order valence-electron chi connectivity index (χ0n) is 10.9. The van der Waals surface area contributed by atoms with E-state index in [0.29, 0.717) is 17.5 Å². The third kappa shape index (κ3) is 2.36. The minimum atomic E-state index is -0.132. The molecule has 1 atom stereocenters. The predicted molar refractivity (Wildman–Crippen MR) is 76.0 cm³/mol. The molecule has 1 saturated heterocycles. The number of anilines is 1. The fourth-order valence-electron chi connectivity index (χ4n) is 2.24. The minimum Gasteiger partial charge on any atom is -0.495 e. The van der Waals surface area contributed by atoms with E-state index in [1.807, 2.05) is 24.3 Å². The van der Waals surface area contributed by atoms with Crippen LogP contribution in [-0.4, -0.2) is 40.0 Å². The third-order valence-corrected chi connectivity index (χ3v) is 4.32. The first kappa shape index (κ1) is 13.0. The van der Waals surface area contributed by atoms with Gasteiger partial charge in [-0.1, -0.05) is 23.9 Å². The second-order valence-corrected chi connectivity index (χ2v) is 5.54. The van der Waals surface area contributed by atoms with Crippen molar-refractivity contribution in [2.45, 2.75) is 16.8 Å². The van der Waals surface area contributed by atoms with Crippen molar-refractivity contribution in [3.63, 3.8) is 0 Å². The molecule has 7 heteroatoms. The molecule has 2 aromatic rings. The number of ether oxygens (including phenoxy) is 1. The van der Waals surface area contributed by atoms with Crippen LogP contribution >= 0.6 is 11.8 Å². The average Bonchev–Trinajstić information content (AvgIpc) is 3.11. The third-order valence-electron chi connectivity index (χ3n) is 3.18. The number of thioether (sulfide) groups is 1. The zero-order valence-corrected chi connectivity index (χ0v) is 11.8. The van der Waals surface area contributed by atoms with E-state index in [9.17, 15) is 4.79 Å². The highest BCUT2D eigenvalue weighted by molar-refractivity contribution is 8.00. The van der Waals surface area contributed by atoms with Gasteiger partial charge in [-0.2, -0.15) is 5.10 Å². The molecular weight excluding hydrogens is 276 g/mol. The van der Waals surface area contributed by atoms with E-state index >= 15 is 0 Å². The van der Waals surface area contributed by atoms with Crippen molar-refractivity contribution in [2.24, 2.45) is 0 Å². The number of benzene rings is 1. The van der Waals surface area contributed by atoms with Crippen LogP contribution in [0.25, 0.3) is 0 Å². The molecule has 1 aromatic heterocycles. The van der Waals surface area contributed by atoms with Crippen molar-refractivity contribution in [1.82, 2.24) is 15.2 Å². The smallest absolute Gasteiger partial charge is 0.240 e. The molecule has 0 unspecified atom stereocenters. The molecule has 3 rings (SSSR count). The van der Waals surface area contributed by atoms with Crippen LogP contribution in [0.15, 0.2) is 35.7 Å². The van der Waals surface area contributed by atoms with Gasteiger partial charge in [0.1, 0.15) is 12.1 Å². The highest BCUT2D eigenvalue weighted by Gasteiger charge is 2.35. The van der Waals surface area contributed by atoms with E-state index in [4.69, 9.17) is 4.74 Å². The average molecular weight is 290 g/mol. The van der Waals surface area contributed by atoms with E-state index in [2.05, 4.69) is 15.2 Å². The van der Waals surface area contributed by atoms with Crippen molar-refractivity contribution in [2.75, 3.05) is 18.6 Å². The lowest BCUT2D eigenvalue weighted by Gasteiger charge is -2.19. The summed E-state index contributed by atoms with van der Waals surface area (Å²) in [5.74, 6) is 0.794. The standard InChI is InChI=1S/C13H14N4O2S/c1-19-10-5-3-2-4-9(10)17-7-6-11(12(17)18)20-13-14-8-15-16-13/h2-5,8,11H,6-7H2,1H3,(H,14,15,16)/t11-/m0/s1. The number of nitrogens with zero attached hydrogens (tertiary/aromatic N) is 3. The van der Waals surface area contributed by atoms with Gasteiger partial charge in [0.25, 0.3) is 0 Å². The van der Waals surface area contributed by atoms with Crippen LogP contribution in [0.2, 0.25) is 0 Å². The van der Waals surface area contributed by atoms with Gasteiger partial charge in [-0.25, -0.2) is 4.98 Å². The number of nitrogens with one attached hydrogen (secondary N) is 1. The summed E-state index contributed by atoms with van der Waals surface area (Å²) in [4.78, 5) is 18.3. The van der Waals surface area contributed by atoms with Gasteiger partial charge < -0.3 is 9.64 Å². The maximum Gasteiger partial charge on any atom is 0.240 e. The number of carbonyl (C=O) groups is 1. The number of rotatable bonds is 4. The Bertz CT molecular complexity index is 602. The van der Waals surface area contributed by atoms with Gasteiger partial charge in [-0.05, 0) is 18.6 Å². The van der Waals surface area contributed by atoms with Crippen LogP contribution < -0.4 is 9.64 Å². The molecule has 0 spiro atoms. The lowest BCUT2D eigenvalue weighted by molar-refractivity contribution is -0.116. The molecule has 0 bridgehead atoms. The molecule has 104 valence electrons. The first-order chi connectivity index (χ1) is 9.79. The molecule has 0 radical (unpaired) electrons. The number of carbonyl (C=O) groups excluding carboxylic acids is 1. The quantitative estimate of drug-likeness (QED) is 0.928. The molecule has 0 aliphatic carbocycles. The SMILES string of the molecule is COc1ccccc1N1CC[C@H](Sc2ncn[nH]2)C1=O. The van der Waals surface area contributed by atoms with Gasteiger partial charge in [-0.15, -0.1) is 0 Å². The van der Waals surface area contributed by atoms with E-state index in [0.717, 1.165) is 12.1 Å². The number of aromatic nitrogens is 3. The van der Waals surface area contributed by atoms with Gasteiger partial charge in [0.15, 0.2) is 5.16 Å². The van der Waals surface area contributed by atoms with E-state index in [1.54, 1.807) is 12.0 Å². The second-order valence-electron chi connectivity index (χ2n) is 4.35. The number of para-hydroxylation sites is 2. The summed E-state index contributed by atoms with van der Waals surface area (Å²) in [5.41, 5.74) is 0.820. The van der Waals surface area contributed by atoms with Gasteiger partial charge in [0.05, 0.1) is 18.0 Å². The summed E-state index contributed by atoms with van der Waals surface area (Å²) in [7, 11) is 1.61. The van der Waals surface area contributed by atoms with Gasteiger partial charge in [0, 0.05) is 6.54 Å². The number of hydrogen-bond acceptors (Lipinski definition) is 5. The molecular formula is C13H14N4O2S. The lowest BCUT2D eigenvalue weighted by atomic mass is 10.2. The molecule has 1 aliphatic heterocycles. The maximum absolute atomic E-state index is 12.5. The summed E-state index contributed by atoms with van der Waals surface area (Å²) < 4.78 is 5.32. The van der Waals surface area contributed by atoms with Crippen molar-refractivity contribution in [1.29, 1.82) is 0 Å². The van der Waals surface area contributed by atoms with Gasteiger partial charge in [-0.3, -0.25) is 9.89 Å². The van der Waals surface area contributed by atoms with E-state index < -0.39 is 0 Å². The number of amides is 1. The Kier molecular flexibility index (Phi) is 3.60. The predicted octanol–water partition coefficient (Wildman–Crippen LogP) is 1.71. The largest absolute Gasteiger partial charge is 0.495 e. The van der Waals surface area contributed by atoms with E-state index in [1.165, 1.54) is 18.1 Å². The Morgan fingerprint density at radius 1 is 1.45 bits per heavy atom. The molecule has 20 heavy (non-hydrogen) atoms. The number of methoxy groups -OCH3 is 1. The first-order valence-corrected chi connectivity index (χ1v) is 7.14. The topological polar surface area (TPSA) is 71.1 Å². The Labute approximate surface area is 120 Å². The number of H-pyrrole nitrogens is 1. The Morgan fingerprint density at radius 3 is 3.05 bits per heavy atom. The van der Waals surface area contributed by atoms with Crippen LogP contribution in [-0.2, 0) is 4.79 Å². The van der Waals surface area contributed by atoms with Crippen LogP contribution in [0.3, 0.4) is 0 Å². The number of hydrogen-bond donors (Lipinski definition) is 1. The monoisotopic (exact) mass is 290 g/mol. The minimum absolute atomic E-state index is 0.0795. The fourth-order valence-corrected chi connectivity index (χ4v) is 3.18. The van der Waals surface area contributed by atoms with Gasteiger partial charge >= 0.3 is 0 Å². The van der Waals surface area contributed by atoms with Crippen LogP contribution in [0, 0.1) is 0 Å². The number of aromatic amines is 1. The summed E-state index contributed by atoms with van der Waals surface area (Å²) in [6, 6.07) is 7.56. The molecule has 1 aliphatic rings. The van der Waals surface area contributed by atoms with Crippen LogP contribution in [0.1, 0.15) is 6.42 Å². The van der Waals surface area contributed by atoms with Gasteiger partial charge in [0.2, 0.25) is 5.91 Å². The summed E-state index contributed by atoms with van der Waals surface area (Å²) in [5, 5.41) is 7.10. The molecule has 2 heterocycles. The normalized spacial score (nSPS) is 18.6. The summed E-state index contributed by atoms with van der Waals surface area (Å²) >= 11 is 1.42. The Morgan fingerprint density at radius 2 is 2.30 bits per heavy atom. The highest BCUT2D eigenvalue weighted by Crippen LogP contribution is 2.35. The van der Waals surface area contributed by atoms with E-state index in [-0.39, 0.29) is 11.2 Å². The Hall–Kier alpha value is -2.02. The highest BCUT2D eigenvalue weighted by atomic mass is 32.2. The van der Waals surface area contributed by atoms with Crippen molar-refractivity contribution < 1.29 is 9.53 Å². The van der Waals surface area contributed by atoms with Crippen LogP contribution in [0.5, 0.6) is 5.75 Å². The summed E-state index contributed by atoms with van der Waals surface area (Å²) in [6.45, 7) is 0.686. The Balaban J connectivity index is 1.78. The van der Waals surface area contributed by atoms with Crippen molar-refractivity contribution in [3.05, 3.63) is 30.6 Å². The maximum atomic E-state index is 12.5. The molecule has 1 aromatic carbocycles. The second kappa shape index (κ2) is 5.54. The molecule has 0 saturated carbocycles. The molecule has 1 N–H and O–H groups in total. The first-order valence-electron chi connectivity index (χ1n) is 6.26. The van der Waals surface area contributed by atoms with Crippen LogP contribution in [0.4, 0.5) is 5.69 Å². The zero-order chi connectivity index (χ0) is 13.9. The molecule has 1 amide bonds. The molecule has 1 fully saturated rings. The van der Waals surface area contributed by atoms with Crippen molar-refractivity contribution in [3.8, 4) is 5.75 Å². The summed E-state index contributed by atoms with van der Waals surface area (Å²) in [6.07, 6.45) is 2.22. The molecule has 6 nitrogen and oxygen atoms in total. The fraction of sp³-hybridized carbons (Fsp3) is 0.308. The van der Waals surface area contributed by atoms with Crippen molar-refractivity contribution >= 4 is 23.4 Å².